The standard InChI is InChI=1S/C16H21F3N2O5/c1-13(2,3)26-11(22)21-15-7-14(8-15,9-15)10-6-20-12(25-10)23-4-5-24-16(17,18)19/h6H,4-5,7-9H2,1-3H3,(H,21,22). The van der Waals surface area contributed by atoms with Crippen molar-refractivity contribution in [3.05, 3.63) is 12.0 Å². The molecule has 3 aliphatic carbocycles. The quantitative estimate of drug-likeness (QED) is 0.765. The largest absolute Gasteiger partial charge is 0.522 e. The first kappa shape index (κ1) is 18.8. The van der Waals surface area contributed by atoms with Gasteiger partial charge in [0.05, 0.1) is 12.8 Å². The number of aromatic nitrogens is 1. The van der Waals surface area contributed by atoms with Crippen LogP contribution < -0.4 is 10.1 Å². The van der Waals surface area contributed by atoms with Gasteiger partial charge in [-0.2, -0.15) is 4.98 Å². The van der Waals surface area contributed by atoms with Crippen LogP contribution in [0.3, 0.4) is 0 Å². The number of hydrogen-bond donors (Lipinski definition) is 1. The third-order valence-electron chi connectivity index (χ3n) is 4.38. The molecule has 0 atom stereocenters. The summed E-state index contributed by atoms with van der Waals surface area (Å²) < 4.78 is 54.9. The first-order valence-corrected chi connectivity index (χ1v) is 8.21. The van der Waals surface area contributed by atoms with Gasteiger partial charge in [0.15, 0.2) is 0 Å². The molecule has 2 bridgehead atoms. The molecule has 1 heterocycles. The van der Waals surface area contributed by atoms with Gasteiger partial charge in [-0.15, -0.1) is 13.2 Å². The summed E-state index contributed by atoms with van der Waals surface area (Å²) in [7, 11) is 0. The Morgan fingerprint density at radius 2 is 1.92 bits per heavy atom. The summed E-state index contributed by atoms with van der Waals surface area (Å²) in [6.07, 6.45) is -1.62. The molecule has 0 radical (unpaired) electrons. The van der Waals surface area contributed by atoms with Crippen LogP contribution in [0.4, 0.5) is 18.0 Å². The zero-order chi connectivity index (χ0) is 19.2. The van der Waals surface area contributed by atoms with Gasteiger partial charge in [-0.25, -0.2) is 4.79 Å². The molecule has 7 nitrogen and oxygen atoms in total. The van der Waals surface area contributed by atoms with Crippen molar-refractivity contribution in [1.82, 2.24) is 10.3 Å². The Balaban J connectivity index is 1.44. The van der Waals surface area contributed by atoms with Crippen LogP contribution in [0.25, 0.3) is 0 Å². The van der Waals surface area contributed by atoms with Crippen LogP contribution in [-0.2, 0) is 14.9 Å². The Morgan fingerprint density at radius 3 is 2.50 bits per heavy atom. The van der Waals surface area contributed by atoms with Crippen LogP contribution in [0.2, 0.25) is 0 Å². The Kier molecular flexibility index (Phi) is 4.37. The molecule has 146 valence electrons. The van der Waals surface area contributed by atoms with E-state index in [0.29, 0.717) is 25.0 Å². The van der Waals surface area contributed by atoms with E-state index in [9.17, 15) is 18.0 Å². The second-order valence-corrected chi connectivity index (χ2v) is 7.85. The maximum absolute atomic E-state index is 11.9. The summed E-state index contributed by atoms with van der Waals surface area (Å²) in [6.45, 7) is 4.43. The average molecular weight is 378 g/mol. The third-order valence-corrected chi connectivity index (χ3v) is 4.38. The highest BCUT2D eigenvalue weighted by molar-refractivity contribution is 5.70. The van der Waals surface area contributed by atoms with Crippen molar-refractivity contribution >= 4 is 6.09 Å². The number of ether oxygens (including phenoxy) is 3. The molecule has 10 heteroatoms. The van der Waals surface area contributed by atoms with Gasteiger partial charge in [-0.05, 0) is 40.0 Å². The predicted octanol–water partition coefficient (Wildman–Crippen LogP) is 3.29. The Bertz CT molecular complexity index is 660. The van der Waals surface area contributed by atoms with E-state index in [1.807, 2.05) is 0 Å². The van der Waals surface area contributed by atoms with E-state index in [0.717, 1.165) is 0 Å². The minimum atomic E-state index is -4.69. The molecule has 0 unspecified atom stereocenters. The van der Waals surface area contributed by atoms with Gasteiger partial charge >= 0.3 is 18.5 Å². The second-order valence-electron chi connectivity index (χ2n) is 7.85. The molecule has 26 heavy (non-hydrogen) atoms. The molecule has 0 aliphatic heterocycles. The lowest BCUT2D eigenvalue weighted by atomic mass is 9.38. The van der Waals surface area contributed by atoms with Crippen molar-refractivity contribution in [2.24, 2.45) is 0 Å². The van der Waals surface area contributed by atoms with Crippen molar-refractivity contribution in [2.75, 3.05) is 13.2 Å². The molecule has 1 aromatic heterocycles. The van der Waals surface area contributed by atoms with Gasteiger partial charge in [0, 0.05) is 11.0 Å². The summed E-state index contributed by atoms with van der Waals surface area (Å²) in [5.41, 5.74) is -1.04. The number of carbonyl (C=O) groups excluding carboxylic acids is 1. The fourth-order valence-electron chi connectivity index (χ4n) is 3.56. The Labute approximate surface area is 148 Å². The number of halogens is 3. The lowest BCUT2D eigenvalue weighted by molar-refractivity contribution is -0.325. The minimum Gasteiger partial charge on any atom is -0.448 e. The SMILES string of the molecule is CC(C)(C)OC(=O)NC12CC(c3cnc(OCCOC(F)(F)F)o3)(C1)C2. The number of carbonyl (C=O) groups is 1. The number of alkyl carbamates (subject to hydrolysis) is 1. The van der Waals surface area contributed by atoms with E-state index in [1.54, 1.807) is 20.8 Å². The lowest BCUT2D eigenvalue weighted by Crippen LogP contribution is -2.76. The van der Waals surface area contributed by atoms with Gasteiger partial charge in [0.25, 0.3) is 0 Å². The highest BCUT2D eigenvalue weighted by Crippen LogP contribution is 2.68. The number of oxazole rings is 1. The smallest absolute Gasteiger partial charge is 0.448 e. The number of amides is 1. The first-order chi connectivity index (χ1) is 11.9. The molecule has 3 saturated carbocycles. The monoisotopic (exact) mass is 378 g/mol. The zero-order valence-electron chi connectivity index (χ0n) is 14.7. The lowest BCUT2D eigenvalue weighted by Gasteiger charge is -2.69. The summed E-state index contributed by atoms with van der Waals surface area (Å²) >= 11 is 0. The Morgan fingerprint density at radius 1 is 1.27 bits per heavy atom. The normalized spacial score (nSPS) is 27.3. The minimum absolute atomic E-state index is 0.0929. The van der Waals surface area contributed by atoms with Gasteiger partial charge in [-0.3, -0.25) is 4.74 Å². The molecule has 3 aliphatic rings. The summed E-state index contributed by atoms with van der Waals surface area (Å²) in [6, 6.07) is 0. The number of alkyl halides is 3. The van der Waals surface area contributed by atoms with E-state index < -0.39 is 24.7 Å². The molecule has 1 N–H and O–H groups in total. The van der Waals surface area contributed by atoms with Crippen molar-refractivity contribution in [1.29, 1.82) is 0 Å². The molecule has 3 fully saturated rings. The fourth-order valence-corrected chi connectivity index (χ4v) is 3.56. The van der Waals surface area contributed by atoms with Crippen LogP contribution in [-0.4, -0.2) is 41.8 Å². The van der Waals surface area contributed by atoms with E-state index in [2.05, 4.69) is 15.0 Å². The molecular weight excluding hydrogens is 357 g/mol. The molecule has 0 saturated heterocycles. The number of hydrogen-bond acceptors (Lipinski definition) is 6. The number of nitrogens with one attached hydrogen (secondary N) is 1. The molecule has 0 aromatic carbocycles. The van der Waals surface area contributed by atoms with Gasteiger partial charge < -0.3 is 19.2 Å². The van der Waals surface area contributed by atoms with Crippen LogP contribution in [0.1, 0.15) is 45.8 Å². The maximum Gasteiger partial charge on any atom is 0.522 e. The molecule has 1 aromatic rings. The van der Waals surface area contributed by atoms with Gasteiger partial charge in [0.2, 0.25) is 0 Å². The van der Waals surface area contributed by atoms with Crippen LogP contribution in [0.15, 0.2) is 10.6 Å². The third kappa shape index (κ3) is 4.05. The van der Waals surface area contributed by atoms with Gasteiger partial charge in [-0.1, -0.05) is 0 Å². The van der Waals surface area contributed by atoms with Crippen LogP contribution in [0, 0.1) is 0 Å². The highest BCUT2D eigenvalue weighted by atomic mass is 19.4. The van der Waals surface area contributed by atoms with Crippen molar-refractivity contribution < 1.29 is 36.6 Å². The zero-order valence-corrected chi connectivity index (χ0v) is 14.7. The van der Waals surface area contributed by atoms with Crippen LogP contribution >= 0.6 is 0 Å². The number of nitrogens with zero attached hydrogens (tertiary/aromatic N) is 1. The van der Waals surface area contributed by atoms with Crippen molar-refractivity contribution in [2.45, 2.75) is 63.0 Å². The van der Waals surface area contributed by atoms with E-state index in [4.69, 9.17) is 13.9 Å². The van der Waals surface area contributed by atoms with E-state index >= 15 is 0 Å². The number of rotatable bonds is 6. The highest BCUT2D eigenvalue weighted by Gasteiger charge is 2.71. The van der Waals surface area contributed by atoms with E-state index in [-0.39, 0.29) is 23.6 Å². The Hall–Kier alpha value is -1.97. The average Bonchev–Trinajstić information content (AvgIpc) is 2.82. The fraction of sp³-hybridized carbons (Fsp3) is 0.750. The van der Waals surface area contributed by atoms with Gasteiger partial charge in [0.1, 0.15) is 18.0 Å². The molecule has 4 rings (SSSR count). The van der Waals surface area contributed by atoms with E-state index in [1.165, 1.54) is 6.20 Å². The summed E-state index contributed by atoms with van der Waals surface area (Å²) in [4.78, 5) is 15.8. The summed E-state index contributed by atoms with van der Waals surface area (Å²) in [5.74, 6) is 0.608. The second kappa shape index (κ2) is 6.04. The maximum atomic E-state index is 11.9. The molecule has 0 spiro atoms. The topological polar surface area (TPSA) is 82.8 Å². The molecular formula is C16H21F3N2O5. The first-order valence-electron chi connectivity index (χ1n) is 8.21. The predicted molar refractivity (Wildman–Crippen MR) is 81.6 cm³/mol. The van der Waals surface area contributed by atoms with Crippen molar-refractivity contribution in [3.8, 4) is 6.08 Å². The van der Waals surface area contributed by atoms with Crippen LogP contribution in [0.5, 0.6) is 6.08 Å². The van der Waals surface area contributed by atoms with Crippen molar-refractivity contribution in [3.63, 3.8) is 0 Å². The molecule has 1 amide bonds. The summed E-state index contributed by atoms with van der Waals surface area (Å²) in [5, 5.41) is 2.90.